The second-order valence-corrected chi connectivity index (χ2v) is 4.88. The first-order valence-electron chi connectivity index (χ1n) is 5.36. The summed E-state index contributed by atoms with van der Waals surface area (Å²) < 4.78 is 0. The van der Waals surface area contributed by atoms with Crippen LogP contribution >= 0.6 is 0 Å². The van der Waals surface area contributed by atoms with Gasteiger partial charge in [-0.05, 0) is 39.5 Å². The fourth-order valence-corrected chi connectivity index (χ4v) is 1.79. The van der Waals surface area contributed by atoms with E-state index in [0.29, 0.717) is 5.95 Å². The Hall–Kier alpha value is -1.32. The van der Waals surface area contributed by atoms with Crippen molar-refractivity contribution < 1.29 is 0 Å². The molecule has 82 valence electrons. The van der Waals surface area contributed by atoms with Crippen molar-refractivity contribution in [3.8, 4) is 0 Å². The number of aryl methyl sites for hydroxylation is 1. The van der Waals surface area contributed by atoms with Gasteiger partial charge in [-0.2, -0.15) is 4.98 Å². The molecule has 0 saturated heterocycles. The second-order valence-electron chi connectivity index (χ2n) is 4.88. The molecule has 4 heteroatoms. The van der Waals surface area contributed by atoms with Crippen molar-refractivity contribution >= 4 is 11.8 Å². The first kappa shape index (κ1) is 10.2. The molecular weight excluding hydrogens is 188 g/mol. The molecule has 4 nitrogen and oxygen atoms in total. The molecule has 1 heterocycles. The molecule has 1 aromatic rings. The summed E-state index contributed by atoms with van der Waals surface area (Å²) in [4.78, 5) is 8.18. The lowest BCUT2D eigenvalue weighted by atomic mass is 9.98. The van der Waals surface area contributed by atoms with Gasteiger partial charge in [0, 0.05) is 17.3 Å². The van der Waals surface area contributed by atoms with E-state index in [1.54, 1.807) is 6.20 Å². The normalized spacial score (nSPS) is 16.5. The average molecular weight is 206 g/mol. The van der Waals surface area contributed by atoms with Crippen LogP contribution in [0.5, 0.6) is 0 Å². The summed E-state index contributed by atoms with van der Waals surface area (Å²) in [5.41, 5.74) is 6.72. The predicted octanol–water partition coefficient (Wildman–Crippen LogP) is 1.97. The lowest BCUT2D eigenvalue weighted by molar-refractivity contribution is 0.492. The highest BCUT2D eigenvalue weighted by molar-refractivity contribution is 5.47. The molecule has 0 aromatic carbocycles. The van der Waals surface area contributed by atoms with Crippen LogP contribution in [0.25, 0.3) is 0 Å². The summed E-state index contributed by atoms with van der Waals surface area (Å²) in [6.45, 7) is 6.41. The number of hydrogen-bond acceptors (Lipinski definition) is 4. The van der Waals surface area contributed by atoms with Crippen molar-refractivity contribution in [3.05, 3.63) is 11.8 Å². The highest BCUT2D eigenvalue weighted by Gasteiger charge is 2.38. The molecule has 1 aliphatic rings. The van der Waals surface area contributed by atoms with Gasteiger partial charge in [0.05, 0.1) is 0 Å². The number of nitrogens with zero attached hydrogens (tertiary/aromatic N) is 2. The maximum atomic E-state index is 5.58. The Labute approximate surface area is 90.3 Å². The van der Waals surface area contributed by atoms with Crippen LogP contribution in [0.4, 0.5) is 11.8 Å². The molecule has 1 fully saturated rings. The highest BCUT2D eigenvalue weighted by atomic mass is 15.1. The van der Waals surface area contributed by atoms with E-state index < -0.39 is 0 Å². The van der Waals surface area contributed by atoms with E-state index in [1.165, 1.54) is 12.8 Å². The third kappa shape index (κ3) is 2.19. The largest absolute Gasteiger partial charge is 0.368 e. The van der Waals surface area contributed by atoms with Gasteiger partial charge in [-0.3, -0.25) is 0 Å². The number of hydrogen-bond donors (Lipinski definition) is 2. The SMILES string of the molecule is Cc1cnc(N)nc1NC(C)(C)C1CC1. The van der Waals surface area contributed by atoms with Gasteiger partial charge in [-0.25, -0.2) is 4.98 Å². The molecule has 2 rings (SSSR count). The van der Waals surface area contributed by atoms with Crippen LogP contribution < -0.4 is 11.1 Å². The lowest BCUT2D eigenvalue weighted by Crippen LogP contribution is -2.34. The van der Waals surface area contributed by atoms with Crippen molar-refractivity contribution in [2.24, 2.45) is 5.92 Å². The fourth-order valence-electron chi connectivity index (χ4n) is 1.79. The van der Waals surface area contributed by atoms with Crippen molar-refractivity contribution in [1.82, 2.24) is 9.97 Å². The van der Waals surface area contributed by atoms with Crippen LogP contribution in [0, 0.1) is 12.8 Å². The monoisotopic (exact) mass is 206 g/mol. The molecule has 0 aliphatic heterocycles. The predicted molar refractivity (Wildman–Crippen MR) is 61.6 cm³/mol. The number of anilines is 2. The Bertz CT molecular complexity index is 369. The van der Waals surface area contributed by atoms with E-state index in [0.717, 1.165) is 17.3 Å². The first-order valence-corrected chi connectivity index (χ1v) is 5.36. The van der Waals surface area contributed by atoms with Crippen molar-refractivity contribution in [2.75, 3.05) is 11.1 Å². The molecule has 1 aromatic heterocycles. The van der Waals surface area contributed by atoms with E-state index in [1.807, 2.05) is 6.92 Å². The molecule has 3 N–H and O–H groups in total. The smallest absolute Gasteiger partial charge is 0.221 e. The van der Waals surface area contributed by atoms with Crippen molar-refractivity contribution in [3.63, 3.8) is 0 Å². The lowest BCUT2D eigenvalue weighted by Gasteiger charge is -2.27. The number of aromatic nitrogens is 2. The Kier molecular flexibility index (Phi) is 2.29. The zero-order chi connectivity index (χ0) is 11.1. The minimum absolute atomic E-state index is 0.103. The molecule has 0 bridgehead atoms. The summed E-state index contributed by atoms with van der Waals surface area (Å²) in [7, 11) is 0. The van der Waals surface area contributed by atoms with Gasteiger partial charge >= 0.3 is 0 Å². The summed E-state index contributed by atoms with van der Waals surface area (Å²) in [5.74, 6) is 1.95. The Morgan fingerprint density at radius 1 is 1.47 bits per heavy atom. The van der Waals surface area contributed by atoms with Crippen LogP contribution in [0.15, 0.2) is 6.20 Å². The van der Waals surface area contributed by atoms with Gasteiger partial charge in [-0.1, -0.05) is 0 Å². The molecule has 0 spiro atoms. The van der Waals surface area contributed by atoms with Crippen LogP contribution in [0.2, 0.25) is 0 Å². The van der Waals surface area contributed by atoms with Crippen molar-refractivity contribution in [2.45, 2.75) is 39.2 Å². The zero-order valence-corrected chi connectivity index (χ0v) is 9.54. The fraction of sp³-hybridized carbons (Fsp3) is 0.636. The van der Waals surface area contributed by atoms with E-state index in [9.17, 15) is 0 Å². The molecule has 0 amide bonds. The Balaban J connectivity index is 2.19. The standard InChI is InChI=1S/C11H18N4/c1-7-6-13-10(12)14-9(7)15-11(2,3)8-4-5-8/h6,8H,4-5H2,1-3H3,(H3,12,13,14,15). The summed E-state index contributed by atoms with van der Waals surface area (Å²) >= 11 is 0. The van der Waals surface area contributed by atoms with Gasteiger partial charge in [0.2, 0.25) is 5.95 Å². The molecular formula is C11H18N4. The van der Waals surface area contributed by atoms with E-state index in [4.69, 9.17) is 5.73 Å². The van der Waals surface area contributed by atoms with Crippen LogP contribution in [-0.4, -0.2) is 15.5 Å². The zero-order valence-electron chi connectivity index (χ0n) is 9.54. The van der Waals surface area contributed by atoms with Gasteiger partial charge < -0.3 is 11.1 Å². The number of rotatable bonds is 3. The molecule has 1 saturated carbocycles. The minimum atomic E-state index is 0.103. The van der Waals surface area contributed by atoms with Gasteiger partial charge in [0.15, 0.2) is 0 Å². The Morgan fingerprint density at radius 3 is 2.73 bits per heavy atom. The first-order chi connectivity index (χ1) is 6.99. The summed E-state index contributed by atoms with van der Waals surface area (Å²) in [6.07, 6.45) is 4.37. The second kappa shape index (κ2) is 3.36. The number of nitrogens with two attached hydrogens (primary N) is 1. The molecule has 1 aliphatic carbocycles. The third-order valence-electron chi connectivity index (χ3n) is 3.03. The maximum absolute atomic E-state index is 5.58. The van der Waals surface area contributed by atoms with E-state index in [2.05, 4.69) is 29.1 Å². The van der Waals surface area contributed by atoms with E-state index in [-0.39, 0.29) is 5.54 Å². The van der Waals surface area contributed by atoms with Crippen molar-refractivity contribution in [1.29, 1.82) is 0 Å². The van der Waals surface area contributed by atoms with Crippen LogP contribution in [0.3, 0.4) is 0 Å². The summed E-state index contributed by atoms with van der Waals surface area (Å²) in [6, 6.07) is 0. The number of nitrogen functional groups attached to an aromatic ring is 1. The molecule has 15 heavy (non-hydrogen) atoms. The molecule has 0 atom stereocenters. The minimum Gasteiger partial charge on any atom is -0.368 e. The maximum Gasteiger partial charge on any atom is 0.221 e. The quantitative estimate of drug-likeness (QED) is 0.793. The van der Waals surface area contributed by atoms with Gasteiger partial charge in [-0.15, -0.1) is 0 Å². The van der Waals surface area contributed by atoms with Crippen LogP contribution in [0.1, 0.15) is 32.3 Å². The summed E-state index contributed by atoms with van der Waals surface area (Å²) in [5, 5.41) is 3.46. The third-order valence-corrected chi connectivity index (χ3v) is 3.03. The van der Waals surface area contributed by atoms with Gasteiger partial charge in [0.1, 0.15) is 5.82 Å². The highest BCUT2D eigenvalue weighted by Crippen LogP contribution is 2.41. The average Bonchev–Trinajstić information content (AvgIpc) is 2.93. The van der Waals surface area contributed by atoms with Crippen LogP contribution in [-0.2, 0) is 0 Å². The Morgan fingerprint density at radius 2 is 2.13 bits per heavy atom. The molecule has 0 unspecified atom stereocenters. The molecule has 0 radical (unpaired) electrons. The van der Waals surface area contributed by atoms with Gasteiger partial charge in [0.25, 0.3) is 0 Å². The van der Waals surface area contributed by atoms with E-state index >= 15 is 0 Å². The number of nitrogens with one attached hydrogen (secondary N) is 1. The topological polar surface area (TPSA) is 63.8 Å².